The lowest BCUT2D eigenvalue weighted by Gasteiger charge is -2.07. The van der Waals surface area contributed by atoms with Crippen molar-refractivity contribution in [3.63, 3.8) is 0 Å². The van der Waals surface area contributed by atoms with Crippen LogP contribution < -0.4 is 11.1 Å². The molecule has 1 aromatic heterocycles. The Labute approximate surface area is 116 Å². The molecule has 0 unspecified atom stereocenters. The van der Waals surface area contributed by atoms with Gasteiger partial charge < -0.3 is 11.1 Å². The molecule has 2 aromatic rings. The van der Waals surface area contributed by atoms with Gasteiger partial charge in [-0.15, -0.1) is 0 Å². The Morgan fingerprint density at radius 1 is 1.28 bits per heavy atom. The van der Waals surface area contributed by atoms with Crippen LogP contribution in [0, 0.1) is 0 Å². The number of benzene rings is 1. The molecule has 0 saturated heterocycles. The minimum Gasteiger partial charge on any atom is -0.389 e. The Morgan fingerprint density at radius 2 is 2.00 bits per heavy atom. The van der Waals surface area contributed by atoms with Crippen LogP contribution in [-0.2, 0) is 6.54 Å². The van der Waals surface area contributed by atoms with Gasteiger partial charge in [-0.05, 0) is 29.8 Å². The summed E-state index contributed by atoms with van der Waals surface area (Å²) in [6.45, 7) is 0.672. The molecule has 92 valence electrons. The highest BCUT2D eigenvalue weighted by molar-refractivity contribution is 7.80. The van der Waals surface area contributed by atoms with Crippen LogP contribution in [0.5, 0.6) is 0 Å². The average Bonchev–Trinajstić information content (AvgIpc) is 2.38. The molecule has 0 aliphatic heterocycles. The van der Waals surface area contributed by atoms with Crippen molar-refractivity contribution < 1.29 is 0 Å². The van der Waals surface area contributed by atoms with E-state index in [1.54, 1.807) is 12.3 Å². The Hall–Kier alpha value is -1.65. The highest BCUT2D eigenvalue weighted by Gasteiger charge is 1.99. The summed E-state index contributed by atoms with van der Waals surface area (Å²) < 4.78 is 0. The molecule has 1 heterocycles. The van der Waals surface area contributed by atoms with E-state index < -0.39 is 0 Å². The maximum absolute atomic E-state index is 5.82. The topological polar surface area (TPSA) is 50.9 Å². The van der Waals surface area contributed by atoms with E-state index in [0.717, 1.165) is 22.0 Å². The summed E-state index contributed by atoms with van der Waals surface area (Å²) >= 11 is 10.7. The summed E-state index contributed by atoms with van der Waals surface area (Å²) in [5.74, 6) is 0.746. The number of nitrogens with one attached hydrogen (secondary N) is 1. The van der Waals surface area contributed by atoms with Crippen LogP contribution in [0.4, 0.5) is 5.82 Å². The minimum atomic E-state index is 0.368. The number of nitrogens with two attached hydrogens (primary N) is 1. The molecule has 1 aromatic carbocycles. The van der Waals surface area contributed by atoms with Crippen molar-refractivity contribution in [2.75, 3.05) is 5.32 Å². The van der Waals surface area contributed by atoms with E-state index in [-0.39, 0.29) is 0 Å². The van der Waals surface area contributed by atoms with Gasteiger partial charge in [0.25, 0.3) is 0 Å². The quantitative estimate of drug-likeness (QED) is 0.844. The number of anilines is 1. The molecule has 0 spiro atoms. The molecule has 0 atom stereocenters. The molecule has 5 heteroatoms. The number of hydrogen-bond acceptors (Lipinski definition) is 3. The fourth-order valence-corrected chi connectivity index (χ4v) is 1.73. The van der Waals surface area contributed by atoms with Crippen molar-refractivity contribution in [1.29, 1.82) is 0 Å². The third-order valence-electron chi connectivity index (χ3n) is 2.43. The van der Waals surface area contributed by atoms with Gasteiger partial charge in [-0.1, -0.05) is 36.0 Å². The number of thiocarbonyl (C=S) groups is 1. The molecule has 0 aliphatic rings. The lowest BCUT2D eigenvalue weighted by Crippen LogP contribution is -2.10. The van der Waals surface area contributed by atoms with E-state index in [2.05, 4.69) is 10.3 Å². The Kier molecular flexibility index (Phi) is 4.12. The van der Waals surface area contributed by atoms with Gasteiger partial charge >= 0.3 is 0 Å². The first-order valence-electron chi connectivity index (χ1n) is 5.39. The second kappa shape index (κ2) is 5.80. The minimum absolute atomic E-state index is 0.368. The van der Waals surface area contributed by atoms with Gasteiger partial charge in [-0.3, -0.25) is 0 Å². The van der Waals surface area contributed by atoms with Gasteiger partial charge in [0.2, 0.25) is 0 Å². The zero-order valence-corrected chi connectivity index (χ0v) is 11.1. The first-order valence-corrected chi connectivity index (χ1v) is 6.18. The Morgan fingerprint density at radius 3 is 2.67 bits per heavy atom. The third kappa shape index (κ3) is 3.42. The van der Waals surface area contributed by atoms with Crippen molar-refractivity contribution in [3.05, 3.63) is 58.7 Å². The second-order valence-electron chi connectivity index (χ2n) is 3.77. The molecule has 0 bridgehead atoms. The molecule has 3 nitrogen and oxygen atoms in total. The summed E-state index contributed by atoms with van der Waals surface area (Å²) in [5, 5.41) is 3.94. The summed E-state index contributed by atoms with van der Waals surface area (Å²) in [7, 11) is 0. The van der Waals surface area contributed by atoms with Crippen LogP contribution in [0.3, 0.4) is 0 Å². The van der Waals surface area contributed by atoms with Crippen molar-refractivity contribution in [1.82, 2.24) is 4.98 Å². The molecule has 18 heavy (non-hydrogen) atoms. The maximum atomic E-state index is 5.82. The van der Waals surface area contributed by atoms with Gasteiger partial charge in [-0.2, -0.15) is 0 Å². The predicted octanol–water partition coefficient (Wildman–Crippen LogP) is 2.98. The van der Waals surface area contributed by atoms with Crippen LogP contribution in [0.15, 0.2) is 42.6 Å². The molecule has 0 radical (unpaired) electrons. The highest BCUT2D eigenvalue weighted by atomic mass is 35.5. The van der Waals surface area contributed by atoms with Gasteiger partial charge in [0.1, 0.15) is 10.8 Å². The van der Waals surface area contributed by atoms with Crippen LogP contribution in [0.2, 0.25) is 5.02 Å². The molecular formula is C13H12ClN3S. The summed E-state index contributed by atoms with van der Waals surface area (Å²) in [4.78, 5) is 4.57. The largest absolute Gasteiger partial charge is 0.389 e. The summed E-state index contributed by atoms with van der Waals surface area (Å²) in [6, 6.07) is 11.3. The molecule has 3 N–H and O–H groups in total. The first-order chi connectivity index (χ1) is 8.65. The van der Waals surface area contributed by atoms with Crippen LogP contribution in [0.25, 0.3) is 0 Å². The number of pyridine rings is 1. The lowest BCUT2D eigenvalue weighted by molar-refractivity contribution is 1.11. The third-order valence-corrected chi connectivity index (χ3v) is 2.92. The fourth-order valence-electron chi connectivity index (χ4n) is 1.48. The van der Waals surface area contributed by atoms with Gasteiger partial charge in [-0.25, -0.2) is 4.98 Å². The van der Waals surface area contributed by atoms with Crippen molar-refractivity contribution in [3.8, 4) is 0 Å². The van der Waals surface area contributed by atoms with E-state index >= 15 is 0 Å². The van der Waals surface area contributed by atoms with Gasteiger partial charge in [0.15, 0.2) is 0 Å². The van der Waals surface area contributed by atoms with E-state index in [1.807, 2.05) is 30.3 Å². The zero-order chi connectivity index (χ0) is 13.0. The zero-order valence-electron chi connectivity index (χ0n) is 9.56. The van der Waals surface area contributed by atoms with Gasteiger partial charge in [0, 0.05) is 23.3 Å². The predicted molar refractivity (Wildman–Crippen MR) is 78.9 cm³/mol. The molecule has 0 saturated carbocycles. The van der Waals surface area contributed by atoms with E-state index in [0.29, 0.717) is 11.5 Å². The Bertz CT molecular complexity index is 554. The average molecular weight is 278 g/mol. The fraction of sp³-hybridized carbons (Fsp3) is 0.0769. The molecule has 2 rings (SSSR count). The van der Waals surface area contributed by atoms with Crippen LogP contribution >= 0.6 is 23.8 Å². The standard InChI is InChI=1S/C13H12ClN3S/c14-11-3-1-9(2-4-11)8-17-12-7-10(13(15)18)5-6-16-12/h1-7H,8H2,(H2,15,18)(H,16,17). The lowest BCUT2D eigenvalue weighted by atomic mass is 10.2. The SMILES string of the molecule is NC(=S)c1ccnc(NCc2ccc(Cl)cc2)c1. The van der Waals surface area contributed by atoms with Crippen LogP contribution in [0.1, 0.15) is 11.1 Å². The molecule has 0 aliphatic carbocycles. The Balaban J connectivity index is 2.04. The normalized spacial score (nSPS) is 10.1. The summed E-state index contributed by atoms with van der Waals surface area (Å²) in [5.41, 5.74) is 7.50. The van der Waals surface area contributed by atoms with Crippen LogP contribution in [-0.4, -0.2) is 9.97 Å². The number of nitrogens with zero attached hydrogens (tertiary/aromatic N) is 1. The van der Waals surface area contributed by atoms with Crippen molar-refractivity contribution >= 4 is 34.6 Å². The first kappa shape index (κ1) is 12.8. The number of halogens is 1. The van der Waals surface area contributed by atoms with Gasteiger partial charge in [0.05, 0.1) is 0 Å². The number of hydrogen-bond donors (Lipinski definition) is 2. The highest BCUT2D eigenvalue weighted by Crippen LogP contribution is 2.12. The smallest absolute Gasteiger partial charge is 0.126 e. The monoisotopic (exact) mass is 277 g/mol. The van der Waals surface area contributed by atoms with E-state index in [1.165, 1.54) is 0 Å². The number of rotatable bonds is 4. The molecule has 0 fully saturated rings. The van der Waals surface area contributed by atoms with E-state index in [9.17, 15) is 0 Å². The molecule has 0 amide bonds. The van der Waals surface area contributed by atoms with Crippen molar-refractivity contribution in [2.24, 2.45) is 5.73 Å². The number of aromatic nitrogens is 1. The summed E-state index contributed by atoms with van der Waals surface area (Å²) in [6.07, 6.45) is 1.68. The van der Waals surface area contributed by atoms with E-state index in [4.69, 9.17) is 29.6 Å². The van der Waals surface area contributed by atoms with Crippen molar-refractivity contribution in [2.45, 2.75) is 6.54 Å². The molecular weight excluding hydrogens is 266 g/mol. The maximum Gasteiger partial charge on any atom is 0.126 e. The second-order valence-corrected chi connectivity index (χ2v) is 4.65.